The van der Waals surface area contributed by atoms with Crippen molar-refractivity contribution >= 4 is 34.9 Å². The number of hydrogen-bond donors (Lipinski definition) is 5. The second-order valence-electron chi connectivity index (χ2n) is 9.27. The number of nitrogens with one attached hydrogen (secondary N) is 5. The second-order valence-corrected chi connectivity index (χ2v) is 9.27. The minimum Gasteiger partial charge on any atom is -0.441 e. The first-order valence-electron chi connectivity index (χ1n) is 12.6. The molecule has 0 saturated carbocycles. The van der Waals surface area contributed by atoms with Gasteiger partial charge >= 0.3 is 5.97 Å². The lowest BCUT2D eigenvalue weighted by Gasteiger charge is -2.16. The van der Waals surface area contributed by atoms with Crippen molar-refractivity contribution in [3.05, 3.63) is 109 Å². The lowest BCUT2D eigenvalue weighted by molar-refractivity contribution is -0.130. The molecule has 41 heavy (non-hydrogen) atoms. The Morgan fingerprint density at radius 1 is 0.878 bits per heavy atom. The molecule has 0 aliphatic heterocycles. The molecule has 0 aliphatic rings. The van der Waals surface area contributed by atoms with Crippen LogP contribution in [0.15, 0.2) is 97.6 Å². The minimum atomic E-state index is -0.616. The fraction of sp³-hybridized carbons (Fsp3) is 0.125. The van der Waals surface area contributed by atoms with E-state index in [2.05, 4.69) is 30.4 Å². The lowest BCUT2D eigenvalue weighted by atomic mass is 10.1. The van der Waals surface area contributed by atoms with Crippen molar-refractivity contribution in [3.8, 4) is 22.6 Å². The van der Waals surface area contributed by atoms with E-state index in [0.717, 1.165) is 5.56 Å². The SMILES string of the molecule is C=CC(=N)Nc1ccc(CCC(=N)Oc2ccc(-c3ccc(OC(=O)C(=C)C)cc3)cc2F)cc1NC(=N)C(=C)C. The van der Waals surface area contributed by atoms with E-state index in [4.69, 9.17) is 25.7 Å². The number of amidine groups is 2. The van der Waals surface area contributed by atoms with Gasteiger partial charge in [-0.25, -0.2) is 9.18 Å². The Hall–Kier alpha value is -5.31. The van der Waals surface area contributed by atoms with Gasteiger partial charge in [-0.1, -0.05) is 44.0 Å². The van der Waals surface area contributed by atoms with E-state index in [-0.39, 0.29) is 35.3 Å². The van der Waals surface area contributed by atoms with Crippen molar-refractivity contribution < 1.29 is 18.7 Å². The van der Waals surface area contributed by atoms with Gasteiger partial charge in [-0.15, -0.1) is 0 Å². The molecule has 0 bridgehead atoms. The van der Waals surface area contributed by atoms with Gasteiger partial charge in [0.05, 0.1) is 11.4 Å². The molecule has 3 rings (SSSR count). The molecule has 0 aliphatic carbocycles. The van der Waals surface area contributed by atoms with E-state index in [1.165, 1.54) is 18.2 Å². The van der Waals surface area contributed by atoms with Crippen molar-refractivity contribution in [2.24, 2.45) is 0 Å². The monoisotopic (exact) mass is 553 g/mol. The van der Waals surface area contributed by atoms with Gasteiger partial charge in [0.15, 0.2) is 17.5 Å². The topological polar surface area (TPSA) is 131 Å². The molecule has 0 aromatic heterocycles. The van der Waals surface area contributed by atoms with Crippen LogP contribution in [0.5, 0.6) is 11.5 Å². The number of halogens is 1. The summed E-state index contributed by atoms with van der Waals surface area (Å²) in [5.41, 5.74) is 4.14. The number of hydrogen-bond acceptors (Lipinski definition) is 6. The summed E-state index contributed by atoms with van der Waals surface area (Å²) in [4.78, 5) is 11.7. The maximum absolute atomic E-state index is 14.8. The highest BCUT2D eigenvalue weighted by Crippen LogP contribution is 2.28. The Morgan fingerprint density at radius 3 is 2.17 bits per heavy atom. The number of rotatable bonds is 11. The lowest BCUT2D eigenvalue weighted by Crippen LogP contribution is -2.15. The second kappa shape index (κ2) is 13.7. The number of carbonyl (C=O) groups excluding carboxylic acids is 1. The van der Waals surface area contributed by atoms with Gasteiger partial charge in [0, 0.05) is 12.0 Å². The van der Waals surface area contributed by atoms with Gasteiger partial charge in [-0.05, 0) is 85.0 Å². The summed E-state index contributed by atoms with van der Waals surface area (Å²) < 4.78 is 25.5. The molecule has 0 radical (unpaired) electrons. The summed E-state index contributed by atoms with van der Waals surface area (Å²) in [7, 11) is 0. The molecule has 8 nitrogen and oxygen atoms in total. The Bertz CT molecular complexity index is 1540. The number of benzene rings is 3. The summed E-state index contributed by atoms with van der Waals surface area (Å²) >= 11 is 0. The molecule has 0 amide bonds. The third-order valence-electron chi connectivity index (χ3n) is 5.80. The average molecular weight is 554 g/mol. The Balaban J connectivity index is 1.65. The third-order valence-corrected chi connectivity index (χ3v) is 5.80. The summed E-state index contributed by atoms with van der Waals surface area (Å²) in [6.07, 6.45) is 2.00. The van der Waals surface area contributed by atoms with E-state index in [1.807, 2.05) is 12.1 Å². The predicted octanol–water partition coefficient (Wildman–Crippen LogP) is 7.50. The van der Waals surface area contributed by atoms with E-state index >= 15 is 0 Å². The van der Waals surface area contributed by atoms with E-state index in [9.17, 15) is 9.18 Å². The number of esters is 1. The number of anilines is 2. The quantitative estimate of drug-likeness (QED) is 0.0551. The van der Waals surface area contributed by atoms with Crippen molar-refractivity contribution in [1.29, 1.82) is 16.2 Å². The summed E-state index contributed by atoms with van der Waals surface area (Å²) in [5.74, 6) is -0.720. The smallest absolute Gasteiger partial charge is 0.338 e. The molecule has 210 valence electrons. The van der Waals surface area contributed by atoms with Crippen LogP contribution in [0.2, 0.25) is 0 Å². The van der Waals surface area contributed by atoms with Crippen LogP contribution < -0.4 is 20.1 Å². The average Bonchev–Trinajstić information content (AvgIpc) is 2.94. The van der Waals surface area contributed by atoms with Crippen molar-refractivity contribution in [2.45, 2.75) is 26.7 Å². The third kappa shape index (κ3) is 8.59. The van der Waals surface area contributed by atoms with Gasteiger partial charge in [-0.2, -0.15) is 0 Å². The van der Waals surface area contributed by atoms with Gasteiger partial charge in [0.25, 0.3) is 0 Å². The zero-order chi connectivity index (χ0) is 30.1. The Labute approximate surface area is 238 Å². The molecule has 0 heterocycles. The van der Waals surface area contributed by atoms with E-state index < -0.39 is 11.8 Å². The van der Waals surface area contributed by atoms with Crippen LogP contribution in [-0.4, -0.2) is 23.5 Å². The molecule has 0 saturated heterocycles. The Morgan fingerprint density at radius 2 is 1.56 bits per heavy atom. The number of carbonyl (C=O) groups is 1. The zero-order valence-electron chi connectivity index (χ0n) is 23.0. The first-order chi connectivity index (χ1) is 19.5. The van der Waals surface area contributed by atoms with Gasteiger partial charge in [0.1, 0.15) is 17.4 Å². The summed E-state index contributed by atoms with van der Waals surface area (Å²) in [6, 6.07) is 16.5. The van der Waals surface area contributed by atoms with Crippen LogP contribution in [0.1, 0.15) is 25.8 Å². The normalized spacial score (nSPS) is 10.2. The molecular weight excluding hydrogens is 521 g/mol. The molecule has 9 heteroatoms. The number of ether oxygens (including phenoxy) is 2. The van der Waals surface area contributed by atoms with Crippen LogP contribution in [0.3, 0.4) is 0 Å². The first kappa shape index (κ1) is 30.2. The summed E-state index contributed by atoms with van der Waals surface area (Å²) in [6.45, 7) is 14.2. The van der Waals surface area contributed by atoms with Gasteiger partial charge in [0.2, 0.25) is 0 Å². The standard InChI is InChI=1S/C32H32FN5O3/c1-6-29(34)37-26-14-7-21(17-27(26)38-31(36)19(2)3)8-16-30(35)41-28-15-11-23(18-25(28)33)22-9-12-24(13-10-22)40-32(39)20(4)5/h6-7,9-15,17-18,35H,1-2,4,8,16H2,3,5H3,(H2,34,37)(H2,36,38). The number of aryl methyl sites for hydroxylation is 1. The largest absolute Gasteiger partial charge is 0.441 e. The highest BCUT2D eigenvalue weighted by atomic mass is 19.1. The molecule has 0 fully saturated rings. The first-order valence-corrected chi connectivity index (χ1v) is 12.6. The maximum Gasteiger partial charge on any atom is 0.338 e. The molecular formula is C32H32FN5O3. The molecule has 0 atom stereocenters. The van der Waals surface area contributed by atoms with Crippen LogP contribution in [0, 0.1) is 22.0 Å². The molecule has 0 unspecified atom stereocenters. The molecule has 3 aromatic carbocycles. The fourth-order valence-corrected chi connectivity index (χ4v) is 3.51. The fourth-order valence-electron chi connectivity index (χ4n) is 3.51. The van der Waals surface area contributed by atoms with Gasteiger partial charge < -0.3 is 20.1 Å². The Kier molecular flexibility index (Phi) is 10.1. The predicted molar refractivity (Wildman–Crippen MR) is 163 cm³/mol. The van der Waals surface area contributed by atoms with Crippen LogP contribution in [0.25, 0.3) is 11.1 Å². The van der Waals surface area contributed by atoms with E-state index in [1.54, 1.807) is 50.2 Å². The zero-order valence-corrected chi connectivity index (χ0v) is 23.0. The summed E-state index contributed by atoms with van der Waals surface area (Å²) in [5, 5.41) is 30.0. The van der Waals surface area contributed by atoms with Crippen molar-refractivity contribution in [1.82, 2.24) is 0 Å². The van der Waals surface area contributed by atoms with Crippen LogP contribution in [0.4, 0.5) is 15.8 Å². The minimum absolute atomic E-state index is 0.0643. The highest BCUT2D eigenvalue weighted by molar-refractivity contribution is 6.09. The molecule has 5 N–H and O–H groups in total. The highest BCUT2D eigenvalue weighted by Gasteiger charge is 2.12. The molecule has 0 spiro atoms. The van der Waals surface area contributed by atoms with Gasteiger partial charge in [-0.3, -0.25) is 16.2 Å². The molecule has 3 aromatic rings. The van der Waals surface area contributed by atoms with Crippen molar-refractivity contribution in [2.75, 3.05) is 10.6 Å². The van der Waals surface area contributed by atoms with Crippen LogP contribution in [-0.2, 0) is 11.2 Å². The van der Waals surface area contributed by atoms with Crippen LogP contribution >= 0.6 is 0 Å². The van der Waals surface area contributed by atoms with Crippen molar-refractivity contribution in [3.63, 3.8) is 0 Å². The van der Waals surface area contributed by atoms with E-state index in [0.29, 0.717) is 40.2 Å². The maximum atomic E-state index is 14.8.